The Morgan fingerprint density at radius 3 is 2.68 bits per heavy atom. The van der Waals surface area contributed by atoms with Crippen LogP contribution in [0.15, 0.2) is 30.3 Å². The smallest absolute Gasteiger partial charge is 0.240 e. The number of hydrogen-bond acceptors (Lipinski definition) is 6. The lowest BCUT2D eigenvalue weighted by molar-refractivity contribution is -0.150. The van der Waals surface area contributed by atoms with Crippen molar-refractivity contribution in [3.05, 3.63) is 53.1 Å². The number of benzene rings is 2. The van der Waals surface area contributed by atoms with Crippen LogP contribution in [0, 0.1) is 5.82 Å². The van der Waals surface area contributed by atoms with Gasteiger partial charge in [0.25, 0.3) is 0 Å². The summed E-state index contributed by atoms with van der Waals surface area (Å²) in [6.07, 6.45) is 1.22. The lowest BCUT2D eigenvalue weighted by atomic mass is 9.89. The normalized spacial score (nSPS) is 18.8. The molecule has 1 fully saturated rings. The van der Waals surface area contributed by atoms with Crippen LogP contribution in [-0.2, 0) is 24.2 Å². The van der Waals surface area contributed by atoms with E-state index in [1.165, 1.54) is 12.1 Å². The van der Waals surface area contributed by atoms with Crippen molar-refractivity contribution in [1.29, 1.82) is 0 Å². The zero-order chi connectivity index (χ0) is 29.2. The Kier molecular flexibility index (Phi) is 6.66. The van der Waals surface area contributed by atoms with Crippen LogP contribution in [0.4, 0.5) is 4.39 Å². The number of carbonyl (C=O) groups is 1. The molecule has 2 aliphatic rings. The average Bonchev–Trinajstić information content (AvgIpc) is 3.54. The van der Waals surface area contributed by atoms with Gasteiger partial charge in [-0.25, -0.2) is 9.37 Å². The van der Waals surface area contributed by atoms with E-state index in [1.54, 1.807) is 0 Å². The molecule has 0 radical (unpaired) electrons. The lowest BCUT2D eigenvalue weighted by Gasteiger charge is -2.53. The van der Waals surface area contributed by atoms with E-state index in [9.17, 15) is 14.3 Å². The minimum atomic E-state index is -0.642. The standard InChI is InChI=1S/C31H38FN7O2/c1-7-18-11-27(40)22(32)12-21(18)19-8-9-20-23(10-19)35-36-28(20)29-33-24-13-26(39(17(2)3)14-25(24)34-29)30(41)38-15-31(4,16-38)37(5)6/h8-12,17,26,40H,7,13-16H2,1-6H3,(H,33,34)(H,35,36). The predicted octanol–water partition coefficient (Wildman–Crippen LogP) is 4.32. The highest BCUT2D eigenvalue weighted by Gasteiger charge is 2.47. The number of rotatable bonds is 6. The van der Waals surface area contributed by atoms with E-state index < -0.39 is 5.82 Å². The summed E-state index contributed by atoms with van der Waals surface area (Å²) in [5.41, 5.74) is 5.90. The molecular weight excluding hydrogens is 521 g/mol. The molecule has 216 valence electrons. The number of aromatic nitrogens is 4. The number of aromatic amines is 2. The third-order valence-corrected chi connectivity index (χ3v) is 9.05. The molecule has 0 bridgehead atoms. The highest BCUT2D eigenvalue weighted by Crippen LogP contribution is 2.35. The summed E-state index contributed by atoms with van der Waals surface area (Å²) in [5.74, 6) is -0.144. The number of H-pyrrole nitrogens is 2. The second-order valence-electron chi connectivity index (χ2n) is 12.2. The molecule has 0 aliphatic carbocycles. The summed E-state index contributed by atoms with van der Waals surface area (Å²) in [6, 6.07) is 8.68. The Balaban J connectivity index is 1.29. The molecule has 6 rings (SSSR count). The van der Waals surface area contributed by atoms with Gasteiger partial charge in [0.2, 0.25) is 5.91 Å². The van der Waals surface area contributed by atoms with Crippen LogP contribution < -0.4 is 0 Å². The van der Waals surface area contributed by atoms with Crippen LogP contribution in [0.2, 0.25) is 0 Å². The van der Waals surface area contributed by atoms with Crippen LogP contribution in [0.1, 0.15) is 44.6 Å². The van der Waals surface area contributed by atoms with Gasteiger partial charge < -0.3 is 19.9 Å². The topological polar surface area (TPSA) is 104 Å². The first-order chi connectivity index (χ1) is 19.5. The zero-order valence-corrected chi connectivity index (χ0v) is 24.5. The van der Waals surface area contributed by atoms with Gasteiger partial charge in [0.05, 0.1) is 28.5 Å². The van der Waals surface area contributed by atoms with Crippen LogP contribution in [0.3, 0.4) is 0 Å². The first kappa shape index (κ1) is 27.4. The Morgan fingerprint density at radius 1 is 1.24 bits per heavy atom. The van der Waals surface area contributed by atoms with E-state index in [1.807, 2.05) is 30.0 Å². The minimum absolute atomic E-state index is 0.0209. The maximum Gasteiger partial charge on any atom is 0.240 e. The molecule has 2 aromatic heterocycles. The van der Waals surface area contributed by atoms with Crippen LogP contribution >= 0.6 is 0 Å². The van der Waals surface area contributed by atoms with Crippen molar-refractivity contribution in [2.45, 2.75) is 64.7 Å². The van der Waals surface area contributed by atoms with Gasteiger partial charge in [0.1, 0.15) is 5.69 Å². The third-order valence-electron chi connectivity index (χ3n) is 9.05. The van der Waals surface area contributed by atoms with E-state index in [-0.39, 0.29) is 29.3 Å². The second kappa shape index (κ2) is 9.95. The average molecular weight is 560 g/mol. The molecule has 1 saturated heterocycles. The van der Waals surface area contributed by atoms with Crippen molar-refractivity contribution >= 4 is 16.8 Å². The number of aromatic hydroxyl groups is 1. The molecular formula is C31H38FN7O2. The first-order valence-corrected chi connectivity index (χ1v) is 14.3. The van der Waals surface area contributed by atoms with Crippen LogP contribution in [0.25, 0.3) is 33.5 Å². The van der Waals surface area contributed by atoms with Crippen LogP contribution in [0.5, 0.6) is 5.75 Å². The number of aryl methyl sites for hydroxylation is 1. The van der Waals surface area contributed by atoms with Gasteiger partial charge in [-0.15, -0.1) is 0 Å². The predicted molar refractivity (Wildman–Crippen MR) is 157 cm³/mol. The summed E-state index contributed by atoms with van der Waals surface area (Å²) in [4.78, 5) is 28.5. The van der Waals surface area contributed by atoms with E-state index >= 15 is 0 Å². The van der Waals surface area contributed by atoms with Gasteiger partial charge in [-0.05, 0) is 82.2 Å². The van der Waals surface area contributed by atoms with Crippen molar-refractivity contribution in [3.8, 4) is 28.4 Å². The summed E-state index contributed by atoms with van der Waals surface area (Å²) in [7, 11) is 4.13. The highest BCUT2D eigenvalue weighted by molar-refractivity contribution is 5.94. The van der Waals surface area contributed by atoms with Crippen LogP contribution in [-0.4, -0.2) is 90.7 Å². The maximum atomic E-state index is 14.2. The van der Waals surface area contributed by atoms with Crippen molar-refractivity contribution in [2.75, 3.05) is 27.2 Å². The third kappa shape index (κ3) is 4.59. The molecule has 41 heavy (non-hydrogen) atoms. The van der Waals surface area contributed by atoms with Crippen molar-refractivity contribution < 1.29 is 14.3 Å². The zero-order valence-electron chi connectivity index (χ0n) is 24.5. The van der Waals surface area contributed by atoms with Crippen molar-refractivity contribution in [1.82, 2.24) is 34.9 Å². The molecule has 2 aromatic carbocycles. The molecule has 10 heteroatoms. The Bertz CT molecular complexity index is 1630. The van der Waals surface area contributed by atoms with E-state index in [0.29, 0.717) is 30.9 Å². The van der Waals surface area contributed by atoms with Crippen molar-refractivity contribution in [3.63, 3.8) is 0 Å². The van der Waals surface area contributed by atoms with Gasteiger partial charge in [-0.3, -0.25) is 14.8 Å². The molecule has 9 nitrogen and oxygen atoms in total. The molecule has 4 aromatic rings. The lowest BCUT2D eigenvalue weighted by Crippen LogP contribution is -2.70. The summed E-state index contributed by atoms with van der Waals surface area (Å²) >= 11 is 0. The number of imidazole rings is 1. The summed E-state index contributed by atoms with van der Waals surface area (Å²) < 4.78 is 14.2. The number of halogens is 1. The van der Waals surface area contributed by atoms with Gasteiger partial charge in [0, 0.05) is 37.5 Å². The maximum absolute atomic E-state index is 14.2. The first-order valence-electron chi connectivity index (χ1n) is 14.3. The molecule has 3 N–H and O–H groups in total. The Morgan fingerprint density at radius 2 is 2.00 bits per heavy atom. The fourth-order valence-electron chi connectivity index (χ4n) is 6.18. The fraction of sp³-hybridized carbons (Fsp3) is 0.452. The highest BCUT2D eigenvalue weighted by atomic mass is 19.1. The minimum Gasteiger partial charge on any atom is -0.505 e. The summed E-state index contributed by atoms with van der Waals surface area (Å²) in [5, 5.41) is 18.4. The van der Waals surface area contributed by atoms with E-state index in [0.717, 1.165) is 52.1 Å². The number of phenolic OH excluding ortho intramolecular Hbond substituents is 1. The molecule has 2 aliphatic heterocycles. The molecule has 0 saturated carbocycles. The monoisotopic (exact) mass is 559 g/mol. The fourth-order valence-corrected chi connectivity index (χ4v) is 6.18. The molecule has 0 spiro atoms. The number of nitrogens with zero attached hydrogens (tertiary/aromatic N) is 5. The number of amides is 1. The van der Waals surface area contributed by atoms with Gasteiger partial charge in [0.15, 0.2) is 17.4 Å². The van der Waals surface area contributed by atoms with Crippen molar-refractivity contribution in [2.24, 2.45) is 0 Å². The molecule has 4 heterocycles. The summed E-state index contributed by atoms with van der Waals surface area (Å²) in [6.45, 7) is 10.5. The SMILES string of the molecule is CCc1cc(O)c(F)cc1-c1ccc2c(-c3nc4c([nH]3)CN(C(C)C)C(C(=O)N3CC(C)(N(C)C)C3)C4)n[nH]c2c1. The van der Waals surface area contributed by atoms with Gasteiger partial charge in [-0.2, -0.15) is 5.10 Å². The number of carbonyl (C=O) groups excluding carboxylic acids is 1. The van der Waals surface area contributed by atoms with Gasteiger partial charge >= 0.3 is 0 Å². The molecule has 1 atom stereocenters. The number of nitrogens with one attached hydrogen (secondary N) is 2. The number of hydrogen-bond donors (Lipinski definition) is 3. The second-order valence-corrected chi connectivity index (χ2v) is 12.2. The number of likely N-dealkylation sites (tertiary alicyclic amines) is 1. The quantitative estimate of drug-likeness (QED) is 0.325. The number of likely N-dealkylation sites (N-methyl/N-ethyl adjacent to an activating group) is 1. The number of phenols is 1. The van der Waals surface area contributed by atoms with E-state index in [2.05, 4.69) is 59.8 Å². The van der Waals surface area contributed by atoms with Gasteiger partial charge in [-0.1, -0.05) is 13.0 Å². The van der Waals surface area contributed by atoms with E-state index in [4.69, 9.17) is 4.98 Å². The molecule has 1 amide bonds. The largest absolute Gasteiger partial charge is 0.505 e. The number of fused-ring (bicyclic) bond motifs is 2. The Labute approximate surface area is 239 Å². The Hall–Kier alpha value is -3.76. The molecule has 1 unspecified atom stereocenters.